The van der Waals surface area contributed by atoms with Crippen molar-refractivity contribution >= 4 is 11.3 Å². The molecule has 1 heterocycles. The Balaban J connectivity index is 2.10. The summed E-state index contributed by atoms with van der Waals surface area (Å²) < 4.78 is 0. The first-order valence-corrected chi connectivity index (χ1v) is 5.47. The molecule has 0 aliphatic carbocycles. The Kier molecular flexibility index (Phi) is 4.97. The molecule has 0 atom stereocenters. The molecule has 0 bridgehead atoms. The quantitative estimate of drug-likeness (QED) is 0.675. The lowest BCUT2D eigenvalue weighted by Crippen LogP contribution is -2.19. The first kappa shape index (κ1) is 10.6. The zero-order valence-corrected chi connectivity index (χ0v) is 9.08. The van der Waals surface area contributed by atoms with Crippen LogP contribution in [0.4, 0.5) is 0 Å². The minimum Gasteiger partial charge on any atom is -0.320 e. The fraction of sp³-hybridized carbons (Fsp3) is 0.667. The van der Waals surface area contributed by atoms with Gasteiger partial charge in [0.15, 0.2) is 0 Å². The second kappa shape index (κ2) is 6.07. The summed E-state index contributed by atoms with van der Waals surface area (Å²) in [5.74, 6) is 0. The third-order valence-corrected chi connectivity index (χ3v) is 2.85. The van der Waals surface area contributed by atoms with Gasteiger partial charge < -0.3 is 10.6 Å². The molecule has 13 heavy (non-hydrogen) atoms. The molecule has 3 nitrogen and oxygen atoms in total. The van der Waals surface area contributed by atoms with Gasteiger partial charge in [0.25, 0.3) is 0 Å². The predicted molar refractivity (Wildman–Crippen MR) is 57.1 cm³/mol. The van der Waals surface area contributed by atoms with Crippen molar-refractivity contribution in [1.82, 2.24) is 15.6 Å². The van der Waals surface area contributed by atoms with E-state index >= 15 is 0 Å². The Bertz CT molecular complexity index is 235. The van der Waals surface area contributed by atoms with Crippen molar-refractivity contribution in [3.05, 3.63) is 16.1 Å². The van der Waals surface area contributed by atoms with Crippen LogP contribution in [-0.4, -0.2) is 25.1 Å². The Morgan fingerprint density at radius 1 is 1.46 bits per heavy atom. The minimum atomic E-state index is 0.959. The molecule has 0 amide bonds. The van der Waals surface area contributed by atoms with Crippen LogP contribution in [-0.2, 0) is 6.54 Å². The average molecular weight is 199 g/mol. The molecule has 2 N–H and O–H groups in total. The first-order valence-electron chi connectivity index (χ1n) is 4.59. The number of nitrogens with one attached hydrogen (secondary N) is 2. The van der Waals surface area contributed by atoms with Crippen LogP contribution >= 0.6 is 11.3 Å². The summed E-state index contributed by atoms with van der Waals surface area (Å²) in [7, 11) is 1.98. The summed E-state index contributed by atoms with van der Waals surface area (Å²) in [6.45, 7) is 5.16. The van der Waals surface area contributed by atoms with Crippen LogP contribution in [0.2, 0.25) is 0 Å². The van der Waals surface area contributed by atoms with Crippen LogP contribution in [0.3, 0.4) is 0 Å². The Hall–Kier alpha value is -0.450. The van der Waals surface area contributed by atoms with E-state index in [0.717, 1.165) is 25.3 Å². The van der Waals surface area contributed by atoms with Crippen LogP contribution in [0.1, 0.15) is 17.0 Å². The highest BCUT2D eigenvalue weighted by Crippen LogP contribution is 2.10. The second-order valence-electron chi connectivity index (χ2n) is 2.99. The molecule has 74 valence electrons. The molecule has 4 heteroatoms. The Morgan fingerprint density at radius 3 is 2.92 bits per heavy atom. The van der Waals surface area contributed by atoms with Crippen molar-refractivity contribution in [1.29, 1.82) is 0 Å². The molecule has 1 aromatic heterocycles. The molecular formula is C9H17N3S. The summed E-state index contributed by atoms with van der Waals surface area (Å²) in [5.41, 5.74) is 3.06. The van der Waals surface area contributed by atoms with E-state index < -0.39 is 0 Å². The molecule has 0 spiro atoms. The summed E-state index contributed by atoms with van der Waals surface area (Å²) >= 11 is 1.72. The maximum absolute atomic E-state index is 4.20. The molecule has 0 unspecified atom stereocenters. The second-order valence-corrected chi connectivity index (χ2v) is 3.93. The largest absolute Gasteiger partial charge is 0.320 e. The van der Waals surface area contributed by atoms with Crippen molar-refractivity contribution < 1.29 is 0 Å². The average Bonchev–Trinajstić information content (AvgIpc) is 2.52. The monoisotopic (exact) mass is 199 g/mol. The minimum absolute atomic E-state index is 0.959. The molecule has 0 fully saturated rings. The zero-order valence-electron chi connectivity index (χ0n) is 8.26. The molecule has 0 aliphatic heterocycles. The summed E-state index contributed by atoms with van der Waals surface area (Å²) in [6, 6.07) is 0. The van der Waals surface area contributed by atoms with E-state index in [-0.39, 0.29) is 0 Å². The van der Waals surface area contributed by atoms with E-state index in [1.807, 2.05) is 12.6 Å². The third-order valence-electron chi connectivity index (χ3n) is 1.91. The van der Waals surface area contributed by atoms with E-state index in [9.17, 15) is 0 Å². The van der Waals surface area contributed by atoms with E-state index in [0.29, 0.717) is 0 Å². The van der Waals surface area contributed by atoms with Gasteiger partial charge in [-0.1, -0.05) is 0 Å². The molecule has 0 aliphatic rings. The lowest BCUT2D eigenvalue weighted by molar-refractivity contribution is 0.627. The third kappa shape index (κ3) is 3.85. The fourth-order valence-corrected chi connectivity index (χ4v) is 1.83. The van der Waals surface area contributed by atoms with Gasteiger partial charge in [-0.05, 0) is 33.5 Å². The highest BCUT2D eigenvalue weighted by Gasteiger charge is 1.99. The van der Waals surface area contributed by atoms with Gasteiger partial charge in [-0.25, -0.2) is 4.98 Å². The summed E-state index contributed by atoms with van der Waals surface area (Å²) in [6.07, 6.45) is 1.17. The lowest BCUT2D eigenvalue weighted by Gasteiger charge is -2.02. The van der Waals surface area contributed by atoms with Gasteiger partial charge in [0, 0.05) is 11.4 Å². The highest BCUT2D eigenvalue weighted by atomic mass is 32.1. The number of rotatable bonds is 6. The van der Waals surface area contributed by atoms with Crippen molar-refractivity contribution in [2.45, 2.75) is 19.9 Å². The molecule has 0 radical (unpaired) electrons. The highest BCUT2D eigenvalue weighted by molar-refractivity contribution is 7.09. The molecule has 0 aromatic carbocycles. The lowest BCUT2D eigenvalue weighted by atomic mass is 10.3. The first-order chi connectivity index (χ1) is 6.34. The molecule has 0 saturated heterocycles. The maximum Gasteiger partial charge on any atom is 0.0798 e. The number of thiazole rings is 1. The molecule has 1 aromatic rings. The Labute approximate surface area is 83.6 Å². The van der Waals surface area contributed by atoms with E-state index in [1.165, 1.54) is 11.3 Å². The van der Waals surface area contributed by atoms with Crippen LogP contribution in [0.5, 0.6) is 0 Å². The molecular weight excluding hydrogens is 182 g/mol. The van der Waals surface area contributed by atoms with Crippen molar-refractivity contribution in [2.24, 2.45) is 0 Å². The van der Waals surface area contributed by atoms with Crippen LogP contribution in [0.25, 0.3) is 0 Å². The number of nitrogens with zero attached hydrogens (tertiary/aromatic N) is 1. The number of hydrogen-bond acceptors (Lipinski definition) is 4. The van der Waals surface area contributed by atoms with Crippen LogP contribution in [0.15, 0.2) is 5.51 Å². The molecule has 0 saturated carbocycles. The fourth-order valence-electron chi connectivity index (χ4n) is 1.09. The van der Waals surface area contributed by atoms with Gasteiger partial charge in [0.1, 0.15) is 0 Å². The normalized spacial score (nSPS) is 10.6. The number of aryl methyl sites for hydroxylation is 1. The van der Waals surface area contributed by atoms with E-state index in [1.54, 1.807) is 11.3 Å². The Morgan fingerprint density at radius 2 is 2.31 bits per heavy atom. The van der Waals surface area contributed by atoms with Gasteiger partial charge in [0.05, 0.1) is 11.2 Å². The number of aromatic nitrogens is 1. The maximum atomic E-state index is 4.20. The standard InChI is InChI=1S/C9H17N3S/c1-8-9(13-7-12-8)6-11-5-3-4-10-2/h7,10-11H,3-6H2,1-2H3. The summed E-state index contributed by atoms with van der Waals surface area (Å²) in [4.78, 5) is 5.55. The van der Waals surface area contributed by atoms with E-state index in [2.05, 4.69) is 22.5 Å². The van der Waals surface area contributed by atoms with Crippen LogP contribution < -0.4 is 10.6 Å². The molecule has 1 rings (SSSR count). The van der Waals surface area contributed by atoms with Gasteiger partial charge in [0.2, 0.25) is 0 Å². The van der Waals surface area contributed by atoms with Crippen LogP contribution in [0, 0.1) is 6.92 Å². The van der Waals surface area contributed by atoms with Gasteiger partial charge >= 0.3 is 0 Å². The van der Waals surface area contributed by atoms with Gasteiger partial charge in [-0.3, -0.25) is 0 Å². The van der Waals surface area contributed by atoms with Crippen molar-refractivity contribution in [3.8, 4) is 0 Å². The van der Waals surface area contributed by atoms with Crippen molar-refractivity contribution in [3.63, 3.8) is 0 Å². The smallest absolute Gasteiger partial charge is 0.0798 e. The van der Waals surface area contributed by atoms with E-state index in [4.69, 9.17) is 0 Å². The zero-order chi connectivity index (χ0) is 9.52. The van der Waals surface area contributed by atoms with Gasteiger partial charge in [-0.2, -0.15) is 0 Å². The van der Waals surface area contributed by atoms with Crippen molar-refractivity contribution in [2.75, 3.05) is 20.1 Å². The van der Waals surface area contributed by atoms with Gasteiger partial charge in [-0.15, -0.1) is 11.3 Å². The number of hydrogen-bond donors (Lipinski definition) is 2. The summed E-state index contributed by atoms with van der Waals surface area (Å²) in [5, 5.41) is 6.52. The predicted octanol–water partition coefficient (Wildman–Crippen LogP) is 1.15. The SMILES string of the molecule is CNCCCNCc1scnc1C. The topological polar surface area (TPSA) is 37.0 Å².